The van der Waals surface area contributed by atoms with E-state index in [2.05, 4.69) is 6.92 Å². The number of ether oxygens (including phenoxy) is 2. The molecule has 2 N–H and O–H groups in total. The molecular weight excluding hydrogens is 182 g/mol. The average molecular weight is 201 g/mol. The van der Waals surface area contributed by atoms with Gasteiger partial charge in [-0.1, -0.05) is 6.92 Å². The van der Waals surface area contributed by atoms with Crippen LogP contribution in [0.2, 0.25) is 0 Å². The molecule has 1 fully saturated rings. The quantitative estimate of drug-likeness (QED) is 0.668. The third-order valence-electron chi connectivity index (χ3n) is 3.14. The number of esters is 1. The maximum absolute atomic E-state index is 11.5. The van der Waals surface area contributed by atoms with Crippen molar-refractivity contribution >= 4 is 5.97 Å². The summed E-state index contributed by atoms with van der Waals surface area (Å²) in [7, 11) is 3.03. The number of rotatable bonds is 2. The van der Waals surface area contributed by atoms with Gasteiger partial charge in [0.15, 0.2) is 0 Å². The minimum Gasteiger partial charge on any atom is -0.468 e. The van der Waals surface area contributed by atoms with Crippen molar-refractivity contribution in [1.29, 1.82) is 0 Å². The molecule has 1 saturated carbocycles. The monoisotopic (exact) mass is 201 g/mol. The van der Waals surface area contributed by atoms with E-state index < -0.39 is 5.54 Å². The van der Waals surface area contributed by atoms with Gasteiger partial charge in [-0.15, -0.1) is 0 Å². The maximum atomic E-state index is 11.5. The third-order valence-corrected chi connectivity index (χ3v) is 3.14. The average Bonchev–Trinajstić information content (AvgIpc) is 2.20. The van der Waals surface area contributed by atoms with Crippen molar-refractivity contribution in [1.82, 2.24) is 0 Å². The van der Waals surface area contributed by atoms with Crippen LogP contribution in [0, 0.1) is 5.92 Å². The highest BCUT2D eigenvalue weighted by molar-refractivity contribution is 5.80. The molecule has 0 bridgehead atoms. The summed E-state index contributed by atoms with van der Waals surface area (Å²) < 4.78 is 10.0. The Balaban J connectivity index is 2.69. The minimum absolute atomic E-state index is 0.0628. The van der Waals surface area contributed by atoms with E-state index in [1.54, 1.807) is 7.11 Å². The largest absolute Gasteiger partial charge is 0.468 e. The van der Waals surface area contributed by atoms with E-state index in [1.807, 2.05) is 0 Å². The Bertz CT molecular complexity index is 219. The number of carbonyl (C=O) groups is 1. The van der Waals surface area contributed by atoms with Crippen molar-refractivity contribution < 1.29 is 14.3 Å². The van der Waals surface area contributed by atoms with Crippen molar-refractivity contribution in [3.05, 3.63) is 0 Å². The predicted molar refractivity (Wildman–Crippen MR) is 52.7 cm³/mol. The number of methoxy groups -OCH3 is 2. The summed E-state index contributed by atoms with van der Waals surface area (Å²) in [5, 5.41) is 0. The standard InChI is InChI=1S/C10H19NO3/c1-7-4-5-10(11,9(12)14-3)6-8(7)13-2/h7-8H,4-6,11H2,1-3H3. The second-order valence-corrected chi connectivity index (χ2v) is 4.14. The van der Waals surface area contributed by atoms with Crippen LogP contribution in [-0.2, 0) is 14.3 Å². The highest BCUT2D eigenvalue weighted by Crippen LogP contribution is 2.32. The van der Waals surface area contributed by atoms with Crippen molar-refractivity contribution in [3.63, 3.8) is 0 Å². The van der Waals surface area contributed by atoms with Crippen LogP contribution in [0.5, 0.6) is 0 Å². The van der Waals surface area contributed by atoms with Gasteiger partial charge in [0.2, 0.25) is 0 Å². The molecule has 0 aromatic carbocycles. The molecular formula is C10H19NO3. The third kappa shape index (κ3) is 2.07. The van der Waals surface area contributed by atoms with Crippen LogP contribution in [0.4, 0.5) is 0 Å². The van der Waals surface area contributed by atoms with Gasteiger partial charge in [-0.3, -0.25) is 4.79 Å². The molecule has 1 aliphatic carbocycles. The van der Waals surface area contributed by atoms with Gasteiger partial charge >= 0.3 is 5.97 Å². The van der Waals surface area contributed by atoms with Gasteiger partial charge in [0, 0.05) is 13.5 Å². The molecule has 0 aromatic heterocycles. The highest BCUT2D eigenvalue weighted by Gasteiger charge is 2.43. The van der Waals surface area contributed by atoms with E-state index in [-0.39, 0.29) is 12.1 Å². The fourth-order valence-corrected chi connectivity index (χ4v) is 2.04. The fraction of sp³-hybridized carbons (Fsp3) is 0.900. The lowest BCUT2D eigenvalue weighted by Crippen LogP contribution is -2.55. The smallest absolute Gasteiger partial charge is 0.325 e. The molecule has 0 amide bonds. The van der Waals surface area contributed by atoms with E-state index in [4.69, 9.17) is 15.2 Å². The van der Waals surface area contributed by atoms with Crippen molar-refractivity contribution in [3.8, 4) is 0 Å². The SMILES string of the molecule is COC(=O)C1(N)CCC(C)C(OC)C1. The molecule has 0 aromatic rings. The first-order chi connectivity index (χ1) is 6.53. The van der Waals surface area contributed by atoms with E-state index in [0.29, 0.717) is 18.8 Å². The first-order valence-electron chi connectivity index (χ1n) is 4.93. The summed E-state index contributed by atoms with van der Waals surface area (Å²) in [5.41, 5.74) is 5.14. The second kappa shape index (κ2) is 4.28. The van der Waals surface area contributed by atoms with Crippen molar-refractivity contribution in [2.24, 2.45) is 11.7 Å². The zero-order chi connectivity index (χ0) is 10.8. The topological polar surface area (TPSA) is 61.5 Å². The van der Waals surface area contributed by atoms with Crippen LogP contribution < -0.4 is 5.73 Å². The zero-order valence-electron chi connectivity index (χ0n) is 9.08. The molecule has 3 atom stereocenters. The van der Waals surface area contributed by atoms with Crippen molar-refractivity contribution in [2.45, 2.75) is 37.8 Å². The van der Waals surface area contributed by atoms with Gasteiger partial charge in [-0.25, -0.2) is 0 Å². The Morgan fingerprint density at radius 1 is 1.50 bits per heavy atom. The number of hydrogen-bond acceptors (Lipinski definition) is 4. The summed E-state index contributed by atoms with van der Waals surface area (Å²) in [6, 6.07) is 0. The summed E-state index contributed by atoms with van der Waals surface area (Å²) >= 11 is 0. The van der Waals surface area contributed by atoms with E-state index in [0.717, 1.165) is 6.42 Å². The second-order valence-electron chi connectivity index (χ2n) is 4.14. The molecule has 82 valence electrons. The summed E-state index contributed by atoms with van der Waals surface area (Å²) in [6.45, 7) is 2.12. The van der Waals surface area contributed by atoms with Crippen molar-refractivity contribution in [2.75, 3.05) is 14.2 Å². The molecule has 14 heavy (non-hydrogen) atoms. The van der Waals surface area contributed by atoms with Crippen LogP contribution in [-0.4, -0.2) is 31.8 Å². The summed E-state index contributed by atoms with van der Waals surface area (Å²) in [5.74, 6) is 0.132. The lowest BCUT2D eigenvalue weighted by atomic mass is 9.76. The van der Waals surface area contributed by atoms with E-state index in [1.165, 1.54) is 7.11 Å². The Morgan fingerprint density at radius 2 is 2.14 bits per heavy atom. The summed E-state index contributed by atoms with van der Waals surface area (Å²) in [6.07, 6.45) is 2.20. The first-order valence-corrected chi connectivity index (χ1v) is 4.93. The van der Waals surface area contributed by atoms with Crippen LogP contribution in [0.1, 0.15) is 26.2 Å². The molecule has 1 rings (SSSR count). The fourth-order valence-electron chi connectivity index (χ4n) is 2.04. The molecule has 4 heteroatoms. The molecule has 0 spiro atoms. The lowest BCUT2D eigenvalue weighted by molar-refractivity contribution is -0.151. The lowest BCUT2D eigenvalue weighted by Gasteiger charge is -2.38. The van der Waals surface area contributed by atoms with Crippen LogP contribution in [0.15, 0.2) is 0 Å². The molecule has 3 unspecified atom stereocenters. The number of hydrogen-bond donors (Lipinski definition) is 1. The number of nitrogens with two attached hydrogens (primary N) is 1. The minimum atomic E-state index is -0.845. The highest BCUT2D eigenvalue weighted by atomic mass is 16.5. The number of carbonyl (C=O) groups excluding carboxylic acids is 1. The van der Waals surface area contributed by atoms with Gasteiger partial charge in [-0.05, 0) is 18.8 Å². The summed E-state index contributed by atoms with van der Waals surface area (Å²) in [4.78, 5) is 11.5. The van der Waals surface area contributed by atoms with Gasteiger partial charge < -0.3 is 15.2 Å². The Morgan fingerprint density at radius 3 is 2.64 bits per heavy atom. The van der Waals surface area contributed by atoms with Gasteiger partial charge in [0.05, 0.1) is 13.2 Å². The molecule has 0 aliphatic heterocycles. The van der Waals surface area contributed by atoms with Crippen LogP contribution in [0.25, 0.3) is 0 Å². The molecule has 4 nitrogen and oxygen atoms in total. The molecule has 0 radical (unpaired) electrons. The molecule has 1 aliphatic rings. The van der Waals surface area contributed by atoms with E-state index >= 15 is 0 Å². The van der Waals surface area contributed by atoms with Gasteiger partial charge in [-0.2, -0.15) is 0 Å². The molecule has 0 saturated heterocycles. The van der Waals surface area contributed by atoms with Crippen LogP contribution >= 0.6 is 0 Å². The normalized spacial score (nSPS) is 38.0. The maximum Gasteiger partial charge on any atom is 0.325 e. The Hall–Kier alpha value is -0.610. The van der Waals surface area contributed by atoms with Crippen LogP contribution in [0.3, 0.4) is 0 Å². The van der Waals surface area contributed by atoms with Gasteiger partial charge in [0.25, 0.3) is 0 Å². The first kappa shape index (κ1) is 11.5. The van der Waals surface area contributed by atoms with Gasteiger partial charge in [0.1, 0.15) is 5.54 Å². The van der Waals surface area contributed by atoms with E-state index in [9.17, 15) is 4.79 Å². The Kier molecular flexibility index (Phi) is 3.50. The molecule has 0 heterocycles. The predicted octanol–water partition coefficient (Wildman–Crippen LogP) is 0.692. The Labute approximate surface area is 84.7 Å². The zero-order valence-corrected chi connectivity index (χ0v) is 9.08.